The van der Waals surface area contributed by atoms with Crippen LogP contribution in [0.3, 0.4) is 0 Å². The van der Waals surface area contributed by atoms with Gasteiger partial charge in [-0.25, -0.2) is 9.07 Å². The number of nitrogens with two attached hydrogens (primary N) is 1. The van der Waals surface area contributed by atoms with Crippen LogP contribution in [0.4, 0.5) is 4.39 Å². The third kappa shape index (κ3) is 14.1. The number of halogens is 1. The van der Waals surface area contributed by atoms with Crippen LogP contribution < -0.4 is 5.73 Å². The lowest BCUT2D eigenvalue weighted by Gasteiger charge is -2.51. The molecule has 1 aromatic heterocycles. The third-order valence-corrected chi connectivity index (χ3v) is 17.6. The van der Waals surface area contributed by atoms with Crippen LogP contribution in [-0.2, 0) is 46.2 Å². The summed E-state index contributed by atoms with van der Waals surface area (Å²) in [7, 11) is 6.82. The fourth-order valence-corrected chi connectivity index (χ4v) is 12.8. The van der Waals surface area contributed by atoms with Gasteiger partial charge >= 0.3 is 5.97 Å². The lowest BCUT2D eigenvalue weighted by molar-refractivity contribution is -0.302. The fourth-order valence-electron chi connectivity index (χ4n) is 12.8. The van der Waals surface area contributed by atoms with Gasteiger partial charge in [-0.05, 0) is 109 Å². The Hall–Kier alpha value is -3.54. The molecule has 19 heteroatoms. The van der Waals surface area contributed by atoms with Crippen LogP contribution in [-0.4, -0.2) is 188 Å². The number of likely N-dealkylation sites (N-methyl/N-ethyl adjacent to an activating group) is 2. The zero-order valence-electron chi connectivity index (χ0n) is 48.2. The maximum absolute atomic E-state index is 15.0. The van der Waals surface area contributed by atoms with Crippen molar-refractivity contribution in [3.63, 3.8) is 0 Å². The molecular formula is C58H93FN6O12. The van der Waals surface area contributed by atoms with Crippen LogP contribution in [0.25, 0.3) is 11.1 Å². The van der Waals surface area contributed by atoms with Gasteiger partial charge in [0.25, 0.3) is 0 Å². The quantitative estimate of drug-likeness (QED) is 0.0985. The summed E-state index contributed by atoms with van der Waals surface area (Å²) >= 11 is 0. The molecule has 18 nitrogen and oxygen atoms in total. The van der Waals surface area contributed by atoms with E-state index in [1.54, 1.807) is 54.8 Å². The molecule has 20 atom stereocenters. The molecule has 0 aliphatic carbocycles. The van der Waals surface area contributed by atoms with E-state index >= 15 is 0 Å². The Morgan fingerprint density at radius 3 is 2.16 bits per heavy atom. The van der Waals surface area contributed by atoms with Crippen LogP contribution >= 0.6 is 0 Å². The maximum atomic E-state index is 15.0. The number of aliphatic hydroxyl groups excluding tert-OH is 3. The Balaban J connectivity index is 1.25. The second-order valence-corrected chi connectivity index (χ2v) is 23.6. The number of aliphatic hydroxyl groups is 5. The minimum Gasteiger partial charge on any atom is -0.459 e. The molecule has 1 unspecified atom stereocenters. The van der Waals surface area contributed by atoms with Crippen molar-refractivity contribution < 1.29 is 63.1 Å². The number of carbonyl (C=O) groups is 1. The Morgan fingerprint density at radius 1 is 0.935 bits per heavy atom. The molecule has 2 aromatic carbocycles. The summed E-state index contributed by atoms with van der Waals surface area (Å²) < 4.78 is 54.7. The molecule has 4 heterocycles. The fraction of sp³-hybridized carbons (Fsp3) is 0.741. The van der Waals surface area contributed by atoms with Crippen LogP contribution in [0, 0.1) is 23.7 Å². The summed E-state index contributed by atoms with van der Waals surface area (Å²) in [6.07, 6.45) is -6.25. The van der Waals surface area contributed by atoms with E-state index in [1.807, 2.05) is 93.2 Å². The summed E-state index contributed by atoms with van der Waals surface area (Å²) in [5.41, 5.74) is 5.76. The molecule has 0 amide bonds. The van der Waals surface area contributed by atoms with Crippen molar-refractivity contribution in [1.29, 1.82) is 0 Å². The van der Waals surface area contributed by atoms with Gasteiger partial charge in [0.2, 0.25) is 0 Å². The molecule has 0 saturated carbocycles. The molecule has 434 valence electrons. The number of methoxy groups -OCH3 is 2. The van der Waals surface area contributed by atoms with Crippen molar-refractivity contribution in [2.75, 3.05) is 48.1 Å². The summed E-state index contributed by atoms with van der Waals surface area (Å²) in [6, 6.07) is 14.0. The molecular weight excluding hydrogens is 992 g/mol. The van der Waals surface area contributed by atoms with Gasteiger partial charge in [0, 0.05) is 70.9 Å². The lowest BCUT2D eigenvalue weighted by atomic mass is 9.68. The Morgan fingerprint density at radius 2 is 1.57 bits per heavy atom. The van der Waals surface area contributed by atoms with Crippen LogP contribution in [0.5, 0.6) is 0 Å². The van der Waals surface area contributed by atoms with Crippen LogP contribution in [0.1, 0.15) is 124 Å². The summed E-state index contributed by atoms with van der Waals surface area (Å²) in [6.45, 7) is 18.4. The van der Waals surface area contributed by atoms with Crippen molar-refractivity contribution in [3.05, 3.63) is 71.5 Å². The number of rotatable bonds is 16. The van der Waals surface area contributed by atoms with Gasteiger partial charge in [0.15, 0.2) is 6.29 Å². The van der Waals surface area contributed by atoms with Gasteiger partial charge in [-0.3, -0.25) is 4.79 Å². The Labute approximate surface area is 456 Å². The number of esters is 1. The van der Waals surface area contributed by atoms with E-state index in [0.29, 0.717) is 38.2 Å². The molecule has 3 aliphatic rings. The van der Waals surface area contributed by atoms with E-state index in [0.717, 1.165) is 22.3 Å². The predicted octanol–water partition coefficient (Wildman–Crippen LogP) is 5.40. The highest BCUT2D eigenvalue weighted by Gasteiger charge is 2.55. The van der Waals surface area contributed by atoms with Crippen molar-refractivity contribution in [2.24, 2.45) is 29.4 Å². The van der Waals surface area contributed by atoms with E-state index in [2.05, 4.69) is 10.3 Å². The highest BCUT2D eigenvalue weighted by molar-refractivity contribution is 5.73. The number of aromatic nitrogens is 3. The van der Waals surface area contributed by atoms with E-state index in [9.17, 15) is 34.7 Å². The summed E-state index contributed by atoms with van der Waals surface area (Å²) in [5.74, 6) is -3.26. The number of cyclic esters (lactones) is 1. The molecule has 7 N–H and O–H groups in total. The number of ether oxygens (including phenoxy) is 6. The minimum absolute atomic E-state index is 0.171. The van der Waals surface area contributed by atoms with E-state index in [-0.39, 0.29) is 25.2 Å². The molecule has 0 bridgehead atoms. The van der Waals surface area contributed by atoms with Crippen molar-refractivity contribution in [2.45, 2.75) is 204 Å². The number of benzene rings is 2. The second-order valence-electron chi connectivity index (χ2n) is 23.6. The van der Waals surface area contributed by atoms with Gasteiger partial charge in [-0.2, -0.15) is 0 Å². The van der Waals surface area contributed by atoms with Gasteiger partial charge in [-0.15, -0.1) is 5.10 Å². The maximum Gasteiger partial charge on any atom is 0.309 e. The smallest absolute Gasteiger partial charge is 0.309 e. The van der Waals surface area contributed by atoms with Gasteiger partial charge < -0.3 is 69.5 Å². The molecule has 6 rings (SSSR count). The second kappa shape index (κ2) is 26.4. The molecule has 3 aliphatic heterocycles. The zero-order chi connectivity index (χ0) is 56.9. The number of hydrogen-bond donors (Lipinski definition) is 6. The molecule has 0 radical (unpaired) electrons. The topological polar surface area (TPSA) is 237 Å². The van der Waals surface area contributed by atoms with E-state index in [4.69, 9.17) is 34.2 Å². The van der Waals surface area contributed by atoms with Gasteiger partial charge in [-0.1, -0.05) is 81.4 Å². The summed E-state index contributed by atoms with van der Waals surface area (Å²) in [4.78, 5) is 18.6. The molecule has 3 aromatic rings. The van der Waals surface area contributed by atoms with E-state index < -0.39 is 127 Å². The molecule has 77 heavy (non-hydrogen) atoms. The molecule has 3 fully saturated rings. The molecule has 0 spiro atoms. The SMILES string of the molecule is CC[C@H]1OC(=O)[C@H](C)[C@@H](C2C[C@@](C)(OC)[C@@H](O)[C@H](C)O2)[C@H](C)[C@@H](O[C@@H]2O[C@H](C)C[C@H](N(C)CCc3cn([C@H](CF)[C@H](OC)c4ccc(-c5ccc(CN)cc5)cc4)nn3)[C@H]2O)[C@](C)(O)C[C@@H](C)CN(C)[C@H](C)[C@@H](O)[C@]1(C)O. The normalized spacial score (nSPS) is 38.2. The largest absolute Gasteiger partial charge is 0.459 e. The Kier molecular flexibility index (Phi) is 21.5. The average Bonchev–Trinajstić information content (AvgIpc) is 3.87. The average molecular weight is 1090 g/mol. The first-order valence-electron chi connectivity index (χ1n) is 27.8. The first-order chi connectivity index (χ1) is 36.2. The van der Waals surface area contributed by atoms with Crippen LogP contribution in [0.2, 0.25) is 0 Å². The van der Waals surface area contributed by atoms with Gasteiger partial charge in [0.05, 0.1) is 47.2 Å². The summed E-state index contributed by atoms with van der Waals surface area (Å²) in [5, 5.41) is 69.1. The minimum atomic E-state index is -1.83. The highest BCUT2D eigenvalue weighted by atomic mass is 19.1. The van der Waals surface area contributed by atoms with E-state index in [1.165, 1.54) is 18.7 Å². The zero-order valence-corrected chi connectivity index (χ0v) is 48.2. The number of alkyl halides is 1. The monoisotopic (exact) mass is 1080 g/mol. The van der Waals surface area contributed by atoms with Crippen LogP contribution in [0.15, 0.2) is 54.7 Å². The number of carbonyl (C=O) groups excluding carboxylic acids is 1. The standard InChI is InChI=1S/C58H93FN6O12/c1-15-47-58(10,71)51(67)37(6)64(12)31-33(2)27-56(8,70)53(35(4)48(36(5)54(69)76-47)46-28-57(9,73-14)52(68)38(7)75-46)77-55-49(66)44(26-34(3)74-55)63(11)25-24-43-32-65(62-61-43)45(29-59)50(72-13)42-22-20-41(21-23-42)40-18-16-39(30-60)17-19-40/h16-23,32-38,44-53,55,66-68,70-71H,15,24-31,60H2,1-14H3/t33-,34-,35+,36-,37-,38+,44+,45-,46?,47-,48+,49-,50-,51-,52+,53-,55+,56-,57-,58-/m1/s1. The van der Waals surface area contributed by atoms with Crippen molar-refractivity contribution in [1.82, 2.24) is 24.8 Å². The Bertz CT molecular complexity index is 2310. The van der Waals surface area contributed by atoms with Crippen molar-refractivity contribution >= 4 is 5.97 Å². The number of nitrogens with zero attached hydrogens (tertiary/aromatic N) is 5. The van der Waals surface area contributed by atoms with Crippen molar-refractivity contribution in [3.8, 4) is 11.1 Å². The molecule has 3 saturated heterocycles. The third-order valence-electron chi connectivity index (χ3n) is 17.6. The predicted molar refractivity (Wildman–Crippen MR) is 290 cm³/mol. The highest BCUT2D eigenvalue weighted by Crippen LogP contribution is 2.45. The number of hydrogen-bond acceptors (Lipinski definition) is 17. The van der Waals surface area contributed by atoms with Gasteiger partial charge in [0.1, 0.15) is 48.8 Å². The first-order valence-corrected chi connectivity index (χ1v) is 27.8. The lowest BCUT2D eigenvalue weighted by Crippen LogP contribution is -2.62. The first kappa shape index (κ1) is 62.7.